The molecule has 0 radical (unpaired) electrons. The molecule has 1 saturated carbocycles. The van der Waals surface area contributed by atoms with Crippen LogP contribution in [0.2, 0.25) is 0 Å². The molecule has 0 spiro atoms. The number of hydrogen-bond donors (Lipinski definition) is 1. The first-order valence-corrected chi connectivity index (χ1v) is 8.78. The number of pyridine rings is 1. The second-order valence-corrected chi connectivity index (χ2v) is 6.83. The van der Waals surface area contributed by atoms with Gasteiger partial charge in [-0.1, -0.05) is 30.3 Å². The Morgan fingerprint density at radius 2 is 1.96 bits per heavy atom. The van der Waals surface area contributed by atoms with Crippen LogP contribution in [0.15, 0.2) is 48.7 Å². The van der Waals surface area contributed by atoms with Crippen molar-refractivity contribution in [2.75, 3.05) is 5.32 Å². The molecule has 1 aliphatic rings. The molecular weight excluding hydrogens is 350 g/mol. The fourth-order valence-corrected chi connectivity index (χ4v) is 3.71. The monoisotopic (exact) mass is 369 g/mol. The molecule has 6 heteroatoms. The van der Waals surface area contributed by atoms with Crippen LogP contribution in [0.4, 0.5) is 5.69 Å². The Kier molecular flexibility index (Phi) is 5.20. The van der Waals surface area contributed by atoms with Gasteiger partial charge in [0.2, 0.25) is 0 Å². The van der Waals surface area contributed by atoms with Crippen LogP contribution in [0.1, 0.15) is 39.7 Å². The number of aromatic nitrogens is 2. The summed E-state index contributed by atoms with van der Waals surface area (Å²) in [6.07, 6.45) is 3.97. The standard InChI is InChI=1S/C19H17N3OS.H2S/c1-12-11-15(9-10-20-12)21-19(23)18-16(13-7-8-13)17(22-24-18)14-5-3-2-4-6-14;/h2-6,9-11,13H,7-8H2,1H3,(H,20,21,23);1H2. The van der Waals surface area contributed by atoms with Gasteiger partial charge in [0.1, 0.15) is 4.88 Å². The Bertz CT molecular complexity index is 889. The van der Waals surface area contributed by atoms with Crippen molar-refractivity contribution in [1.82, 2.24) is 9.36 Å². The lowest BCUT2D eigenvalue weighted by Gasteiger charge is -2.07. The zero-order valence-corrected chi connectivity index (χ0v) is 15.6. The van der Waals surface area contributed by atoms with E-state index in [1.54, 1.807) is 12.3 Å². The minimum absolute atomic E-state index is 0. The second kappa shape index (κ2) is 7.37. The molecule has 3 aromatic rings. The van der Waals surface area contributed by atoms with Crippen molar-refractivity contribution < 1.29 is 4.79 Å². The number of carbonyl (C=O) groups is 1. The van der Waals surface area contributed by atoms with E-state index >= 15 is 0 Å². The van der Waals surface area contributed by atoms with Gasteiger partial charge in [-0.05, 0) is 49.3 Å². The van der Waals surface area contributed by atoms with Crippen molar-refractivity contribution in [3.05, 3.63) is 64.8 Å². The molecule has 1 N–H and O–H groups in total. The van der Waals surface area contributed by atoms with E-state index in [1.807, 2.05) is 31.2 Å². The Morgan fingerprint density at radius 1 is 1.20 bits per heavy atom. The number of rotatable bonds is 4. The molecule has 1 fully saturated rings. The number of aryl methyl sites for hydroxylation is 1. The van der Waals surface area contributed by atoms with Crippen molar-refractivity contribution in [2.45, 2.75) is 25.7 Å². The summed E-state index contributed by atoms with van der Waals surface area (Å²) in [6.45, 7) is 1.91. The summed E-state index contributed by atoms with van der Waals surface area (Å²) in [6, 6.07) is 13.8. The normalized spacial score (nSPS) is 13.2. The largest absolute Gasteiger partial charge is 0.321 e. The molecule has 128 valence electrons. The van der Waals surface area contributed by atoms with Gasteiger partial charge in [-0.3, -0.25) is 9.78 Å². The maximum atomic E-state index is 12.8. The van der Waals surface area contributed by atoms with E-state index < -0.39 is 0 Å². The van der Waals surface area contributed by atoms with Gasteiger partial charge in [0, 0.05) is 28.7 Å². The average molecular weight is 370 g/mol. The molecule has 4 rings (SSSR count). The molecule has 1 amide bonds. The van der Waals surface area contributed by atoms with Gasteiger partial charge in [-0.25, -0.2) is 0 Å². The maximum absolute atomic E-state index is 12.8. The lowest BCUT2D eigenvalue weighted by atomic mass is 10.0. The molecule has 0 bridgehead atoms. The van der Waals surface area contributed by atoms with Gasteiger partial charge in [0.05, 0.1) is 5.69 Å². The van der Waals surface area contributed by atoms with Crippen molar-refractivity contribution in [2.24, 2.45) is 0 Å². The van der Waals surface area contributed by atoms with Crippen molar-refractivity contribution >= 4 is 36.6 Å². The molecule has 0 atom stereocenters. The highest BCUT2D eigenvalue weighted by molar-refractivity contribution is 7.59. The van der Waals surface area contributed by atoms with Crippen LogP contribution in [0.3, 0.4) is 0 Å². The van der Waals surface area contributed by atoms with Crippen LogP contribution in [0.25, 0.3) is 11.3 Å². The van der Waals surface area contributed by atoms with Crippen LogP contribution in [-0.4, -0.2) is 15.3 Å². The Hall–Kier alpha value is -2.18. The quantitative estimate of drug-likeness (QED) is 0.721. The molecule has 4 nitrogen and oxygen atoms in total. The number of nitrogens with zero attached hydrogens (tertiary/aromatic N) is 2. The van der Waals surface area contributed by atoms with E-state index in [4.69, 9.17) is 0 Å². The minimum Gasteiger partial charge on any atom is -0.321 e. The molecule has 0 unspecified atom stereocenters. The van der Waals surface area contributed by atoms with Gasteiger partial charge >= 0.3 is 0 Å². The number of benzene rings is 1. The van der Waals surface area contributed by atoms with Gasteiger partial charge < -0.3 is 5.32 Å². The predicted molar refractivity (Wildman–Crippen MR) is 107 cm³/mol. The number of nitrogens with one attached hydrogen (secondary N) is 1. The van der Waals surface area contributed by atoms with Crippen molar-refractivity contribution in [3.8, 4) is 11.3 Å². The maximum Gasteiger partial charge on any atom is 0.267 e. The number of hydrogen-bond acceptors (Lipinski definition) is 4. The van der Waals surface area contributed by atoms with E-state index in [1.165, 1.54) is 11.5 Å². The van der Waals surface area contributed by atoms with E-state index in [9.17, 15) is 4.79 Å². The van der Waals surface area contributed by atoms with Crippen LogP contribution in [0.5, 0.6) is 0 Å². The summed E-state index contributed by atoms with van der Waals surface area (Å²) in [5, 5.41) is 2.98. The van der Waals surface area contributed by atoms with Gasteiger partial charge in [-0.15, -0.1) is 0 Å². The third kappa shape index (κ3) is 3.75. The van der Waals surface area contributed by atoms with E-state index in [2.05, 4.69) is 26.8 Å². The minimum atomic E-state index is -0.0813. The first-order chi connectivity index (χ1) is 11.7. The topological polar surface area (TPSA) is 54.9 Å². The second-order valence-electron chi connectivity index (χ2n) is 6.05. The molecule has 2 aromatic heterocycles. The van der Waals surface area contributed by atoms with Crippen LogP contribution in [-0.2, 0) is 0 Å². The summed E-state index contributed by atoms with van der Waals surface area (Å²) in [5.74, 6) is 0.376. The number of anilines is 1. The fraction of sp³-hybridized carbons (Fsp3) is 0.211. The van der Waals surface area contributed by atoms with E-state index in [0.717, 1.165) is 45.9 Å². The molecule has 1 aromatic carbocycles. The molecule has 2 heterocycles. The van der Waals surface area contributed by atoms with E-state index in [-0.39, 0.29) is 19.4 Å². The predicted octanol–water partition coefficient (Wildman–Crippen LogP) is 4.76. The number of carbonyl (C=O) groups excluding carboxylic acids is 1. The Balaban J connectivity index is 0.00000182. The molecule has 0 aliphatic heterocycles. The fourth-order valence-electron chi connectivity index (χ4n) is 2.83. The van der Waals surface area contributed by atoms with Gasteiger partial charge in [-0.2, -0.15) is 17.9 Å². The average Bonchev–Trinajstić information content (AvgIpc) is 3.33. The zero-order chi connectivity index (χ0) is 16.5. The molecule has 25 heavy (non-hydrogen) atoms. The van der Waals surface area contributed by atoms with E-state index in [0.29, 0.717) is 5.92 Å². The Morgan fingerprint density at radius 3 is 2.64 bits per heavy atom. The third-order valence-electron chi connectivity index (χ3n) is 4.12. The lowest BCUT2D eigenvalue weighted by Crippen LogP contribution is -2.12. The van der Waals surface area contributed by atoms with Crippen LogP contribution < -0.4 is 5.32 Å². The van der Waals surface area contributed by atoms with Crippen LogP contribution >= 0.6 is 25.0 Å². The molecule has 1 aliphatic carbocycles. The summed E-state index contributed by atoms with van der Waals surface area (Å²) in [5.41, 5.74) is 4.79. The SMILES string of the molecule is Cc1cc(NC(=O)c2snc(-c3ccccc3)c2C2CC2)ccn1.S. The first-order valence-electron chi connectivity index (χ1n) is 8.01. The number of amides is 1. The Labute approximate surface area is 157 Å². The van der Waals surface area contributed by atoms with Gasteiger partial charge in [0.15, 0.2) is 0 Å². The zero-order valence-electron chi connectivity index (χ0n) is 13.8. The molecular formula is C19H19N3OS2. The highest BCUT2D eigenvalue weighted by Gasteiger charge is 2.33. The summed E-state index contributed by atoms with van der Waals surface area (Å²) < 4.78 is 4.60. The summed E-state index contributed by atoms with van der Waals surface area (Å²) in [7, 11) is 0. The van der Waals surface area contributed by atoms with Gasteiger partial charge in [0.25, 0.3) is 5.91 Å². The first kappa shape index (κ1) is 17.6. The lowest BCUT2D eigenvalue weighted by molar-refractivity contribution is 0.102. The van der Waals surface area contributed by atoms with Crippen molar-refractivity contribution in [3.63, 3.8) is 0 Å². The summed E-state index contributed by atoms with van der Waals surface area (Å²) >= 11 is 1.29. The van der Waals surface area contributed by atoms with Crippen molar-refractivity contribution in [1.29, 1.82) is 0 Å². The molecule has 0 saturated heterocycles. The third-order valence-corrected chi connectivity index (χ3v) is 4.98. The highest BCUT2D eigenvalue weighted by Crippen LogP contribution is 2.47. The highest BCUT2D eigenvalue weighted by atomic mass is 32.1. The smallest absolute Gasteiger partial charge is 0.267 e. The summed E-state index contributed by atoms with van der Waals surface area (Å²) in [4.78, 5) is 17.6. The van der Waals surface area contributed by atoms with Crippen LogP contribution in [0, 0.1) is 6.92 Å².